The molecule has 1 aliphatic heterocycles. The van der Waals surface area contributed by atoms with Gasteiger partial charge in [0.15, 0.2) is 6.04 Å². The van der Waals surface area contributed by atoms with E-state index in [4.69, 9.17) is 10.5 Å². The summed E-state index contributed by atoms with van der Waals surface area (Å²) in [4.78, 5) is 13.0. The van der Waals surface area contributed by atoms with Crippen LogP contribution in [0.25, 0.3) is 0 Å². The molecule has 158 valence electrons. The van der Waals surface area contributed by atoms with Gasteiger partial charge in [-0.2, -0.15) is 0 Å². The van der Waals surface area contributed by atoms with E-state index < -0.39 is 0 Å². The Morgan fingerprint density at radius 2 is 1.93 bits per heavy atom. The molecule has 3 N–H and O–H groups in total. The average molecular weight is 402 g/mol. The largest absolute Gasteiger partial charge is 0.494 e. The van der Waals surface area contributed by atoms with Crippen LogP contribution in [0.4, 0.5) is 0 Å². The standard InChI is InChI=1S/C21H32N6O2/c1-5-21(3,4)27-20(23-24-25-27)18(15-7-9-17(10-8-15)29-6-2)26-13-11-16(12-14-26)19(22)28/h7-10,16,18H,5-6,11-14H2,1-4H3,(H2,22,28)/p+1/t18-/m0/s1. The number of nitrogens with zero attached hydrogens (tertiary/aromatic N) is 4. The van der Waals surface area contributed by atoms with Crippen LogP contribution in [0, 0.1) is 5.92 Å². The fraction of sp³-hybridized carbons (Fsp3) is 0.619. The van der Waals surface area contributed by atoms with E-state index in [0.717, 1.165) is 49.5 Å². The smallest absolute Gasteiger partial charge is 0.220 e. The molecule has 1 aromatic carbocycles. The number of aromatic nitrogens is 4. The van der Waals surface area contributed by atoms with Crippen LogP contribution >= 0.6 is 0 Å². The molecule has 1 fully saturated rings. The Balaban J connectivity index is 1.97. The SMILES string of the molecule is CCOc1ccc([C@@H](c2nnnn2C(C)(C)CC)[NH+]2CCC(C(N)=O)CC2)cc1. The number of hydrogen-bond donors (Lipinski definition) is 2. The lowest BCUT2D eigenvalue weighted by molar-refractivity contribution is -0.931. The summed E-state index contributed by atoms with van der Waals surface area (Å²) < 4.78 is 7.57. The molecule has 8 nitrogen and oxygen atoms in total. The number of benzene rings is 1. The van der Waals surface area contributed by atoms with E-state index in [9.17, 15) is 4.79 Å². The van der Waals surface area contributed by atoms with Crippen LogP contribution < -0.4 is 15.4 Å². The highest BCUT2D eigenvalue weighted by molar-refractivity contribution is 5.76. The highest BCUT2D eigenvalue weighted by Gasteiger charge is 2.38. The van der Waals surface area contributed by atoms with Crippen LogP contribution in [0.2, 0.25) is 0 Å². The molecular weight excluding hydrogens is 368 g/mol. The van der Waals surface area contributed by atoms with Gasteiger partial charge in [0, 0.05) is 24.3 Å². The summed E-state index contributed by atoms with van der Waals surface area (Å²) in [5.41, 5.74) is 6.50. The molecule has 0 aliphatic carbocycles. The zero-order chi connectivity index (χ0) is 21.0. The van der Waals surface area contributed by atoms with E-state index in [1.54, 1.807) is 0 Å². The molecule has 0 bridgehead atoms. The van der Waals surface area contributed by atoms with Crippen molar-refractivity contribution in [2.75, 3.05) is 19.7 Å². The number of amides is 1. The maximum absolute atomic E-state index is 11.6. The van der Waals surface area contributed by atoms with Crippen molar-refractivity contribution in [3.63, 3.8) is 0 Å². The molecule has 1 atom stereocenters. The summed E-state index contributed by atoms with van der Waals surface area (Å²) in [6.45, 7) is 10.8. The van der Waals surface area contributed by atoms with Gasteiger partial charge in [-0.05, 0) is 61.9 Å². The Labute approximate surface area is 172 Å². The number of quaternary nitrogens is 1. The van der Waals surface area contributed by atoms with Crippen molar-refractivity contribution in [3.05, 3.63) is 35.7 Å². The Morgan fingerprint density at radius 3 is 2.48 bits per heavy atom. The van der Waals surface area contributed by atoms with Crippen LogP contribution in [-0.4, -0.2) is 45.8 Å². The van der Waals surface area contributed by atoms with Gasteiger partial charge in [-0.25, -0.2) is 4.68 Å². The first-order valence-corrected chi connectivity index (χ1v) is 10.5. The van der Waals surface area contributed by atoms with Crippen molar-refractivity contribution in [1.82, 2.24) is 20.2 Å². The number of tetrazole rings is 1. The second-order valence-corrected chi connectivity index (χ2v) is 8.38. The number of carbonyl (C=O) groups excluding carboxylic acids is 1. The van der Waals surface area contributed by atoms with Gasteiger partial charge in [0.2, 0.25) is 11.7 Å². The molecule has 0 radical (unpaired) electrons. The monoisotopic (exact) mass is 401 g/mol. The van der Waals surface area contributed by atoms with E-state index in [2.05, 4.69) is 48.4 Å². The predicted molar refractivity (Wildman–Crippen MR) is 109 cm³/mol. The first-order chi connectivity index (χ1) is 13.9. The number of nitrogens with one attached hydrogen (secondary N) is 1. The average Bonchev–Trinajstić information content (AvgIpc) is 3.20. The minimum absolute atomic E-state index is 0.0136. The van der Waals surface area contributed by atoms with Crippen LogP contribution in [0.3, 0.4) is 0 Å². The maximum Gasteiger partial charge on any atom is 0.220 e. The molecule has 8 heteroatoms. The van der Waals surface area contributed by atoms with Crippen molar-refractivity contribution in [3.8, 4) is 5.75 Å². The summed E-state index contributed by atoms with van der Waals surface area (Å²) in [5.74, 6) is 1.47. The van der Waals surface area contributed by atoms with Gasteiger partial charge in [-0.15, -0.1) is 5.10 Å². The number of nitrogens with two attached hydrogens (primary N) is 1. The minimum atomic E-state index is -0.196. The lowest BCUT2D eigenvalue weighted by Gasteiger charge is -2.35. The van der Waals surface area contributed by atoms with Gasteiger partial charge >= 0.3 is 0 Å². The number of carbonyl (C=O) groups is 1. The van der Waals surface area contributed by atoms with Gasteiger partial charge in [-0.3, -0.25) is 4.79 Å². The number of rotatable bonds is 8. The van der Waals surface area contributed by atoms with Crippen molar-refractivity contribution in [2.45, 2.75) is 58.5 Å². The highest BCUT2D eigenvalue weighted by atomic mass is 16.5. The number of ether oxygens (including phenoxy) is 1. The lowest BCUT2D eigenvalue weighted by atomic mass is 9.93. The van der Waals surface area contributed by atoms with Crippen molar-refractivity contribution in [1.29, 1.82) is 0 Å². The van der Waals surface area contributed by atoms with E-state index in [1.807, 2.05) is 23.7 Å². The molecule has 1 aromatic heterocycles. The van der Waals surface area contributed by atoms with E-state index in [-0.39, 0.29) is 23.4 Å². The fourth-order valence-electron chi connectivity index (χ4n) is 4.01. The Morgan fingerprint density at radius 1 is 1.28 bits per heavy atom. The molecule has 1 saturated heterocycles. The lowest BCUT2D eigenvalue weighted by Crippen LogP contribution is -3.13. The molecule has 0 saturated carbocycles. The summed E-state index contributed by atoms with van der Waals surface area (Å²) >= 11 is 0. The summed E-state index contributed by atoms with van der Waals surface area (Å²) in [6, 6.07) is 8.18. The normalized spacial score (nSPS) is 21.0. The summed E-state index contributed by atoms with van der Waals surface area (Å²) in [5, 5.41) is 12.8. The molecule has 3 rings (SSSR count). The van der Waals surface area contributed by atoms with Crippen molar-refractivity contribution >= 4 is 5.91 Å². The maximum atomic E-state index is 11.6. The fourth-order valence-corrected chi connectivity index (χ4v) is 4.01. The zero-order valence-corrected chi connectivity index (χ0v) is 17.9. The third kappa shape index (κ3) is 4.58. The van der Waals surface area contributed by atoms with E-state index in [0.29, 0.717) is 6.61 Å². The molecule has 1 aliphatic rings. The highest BCUT2D eigenvalue weighted by Crippen LogP contribution is 2.26. The second-order valence-electron chi connectivity index (χ2n) is 8.38. The number of primary amides is 1. The second kappa shape index (κ2) is 8.90. The van der Waals surface area contributed by atoms with Crippen LogP contribution in [0.5, 0.6) is 5.75 Å². The molecule has 2 heterocycles. The van der Waals surface area contributed by atoms with Gasteiger partial charge in [-0.1, -0.05) is 6.92 Å². The molecule has 2 aromatic rings. The molecule has 0 unspecified atom stereocenters. The quantitative estimate of drug-likeness (QED) is 0.690. The first-order valence-electron chi connectivity index (χ1n) is 10.5. The van der Waals surface area contributed by atoms with Crippen LogP contribution in [0.1, 0.15) is 64.4 Å². The number of piperidine rings is 1. The topological polar surface area (TPSA) is 100 Å². The molecule has 1 amide bonds. The van der Waals surface area contributed by atoms with Crippen LogP contribution in [-0.2, 0) is 10.3 Å². The first kappa shape index (κ1) is 21.2. The number of likely N-dealkylation sites (tertiary alicyclic amines) is 1. The van der Waals surface area contributed by atoms with Gasteiger partial charge < -0.3 is 15.4 Å². The number of hydrogen-bond acceptors (Lipinski definition) is 5. The van der Waals surface area contributed by atoms with E-state index in [1.165, 1.54) is 4.90 Å². The molecule has 29 heavy (non-hydrogen) atoms. The Bertz CT molecular complexity index is 809. The van der Waals surface area contributed by atoms with E-state index >= 15 is 0 Å². The molecule has 0 spiro atoms. The Kier molecular flexibility index (Phi) is 6.52. The Hall–Kier alpha value is -2.48. The predicted octanol–water partition coefficient (Wildman–Crippen LogP) is 1.09. The third-order valence-corrected chi connectivity index (χ3v) is 6.15. The van der Waals surface area contributed by atoms with Crippen molar-refractivity contribution in [2.24, 2.45) is 11.7 Å². The van der Waals surface area contributed by atoms with Gasteiger partial charge in [0.25, 0.3) is 0 Å². The van der Waals surface area contributed by atoms with Crippen molar-refractivity contribution < 1.29 is 14.4 Å². The zero-order valence-electron chi connectivity index (χ0n) is 17.9. The van der Waals surface area contributed by atoms with Gasteiger partial charge in [0.1, 0.15) is 5.75 Å². The van der Waals surface area contributed by atoms with Crippen LogP contribution in [0.15, 0.2) is 24.3 Å². The molecular formula is C21H33N6O2+. The minimum Gasteiger partial charge on any atom is -0.494 e. The summed E-state index contributed by atoms with van der Waals surface area (Å²) in [6.07, 6.45) is 2.49. The summed E-state index contributed by atoms with van der Waals surface area (Å²) in [7, 11) is 0. The third-order valence-electron chi connectivity index (χ3n) is 6.15. The van der Waals surface area contributed by atoms with Gasteiger partial charge in [0.05, 0.1) is 25.2 Å².